The van der Waals surface area contributed by atoms with E-state index in [1.54, 1.807) is 24.5 Å². The van der Waals surface area contributed by atoms with Crippen LogP contribution in [0, 0.1) is 0 Å². The Hall–Kier alpha value is -2.84. The van der Waals surface area contributed by atoms with Crippen molar-refractivity contribution in [1.29, 1.82) is 0 Å². The fourth-order valence-corrected chi connectivity index (χ4v) is 3.45. The summed E-state index contributed by atoms with van der Waals surface area (Å²) in [7, 11) is 0. The summed E-state index contributed by atoms with van der Waals surface area (Å²) in [6, 6.07) is 9.33. The van der Waals surface area contributed by atoms with Crippen molar-refractivity contribution in [2.24, 2.45) is 0 Å². The average Bonchev–Trinajstić information content (AvgIpc) is 2.79. The molecule has 0 aromatic carbocycles. The standard InChI is InChI=1S/C21H28N6O2/c1-2-26-10-12-27(13-11-26)19(17-6-5-8-22-14-17)16-25-21(29)20(28)24-15-18-7-3-4-9-23-18/h3-9,14,19H,2,10-13,15-16H2,1H3,(H,24,28)(H,25,29)/t19-/m1/s1. The fraction of sp³-hybridized carbons (Fsp3) is 0.429. The summed E-state index contributed by atoms with van der Waals surface area (Å²) >= 11 is 0. The SMILES string of the molecule is CCN1CCN([C@H](CNC(=O)C(=O)NCc2ccccn2)c2cccnc2)CC1. The largest absolute Gasteiger partial charge is 0.346 e. The molecule has 0 unspecified atom stereocenters. The number of hydrogen-bond donors (Lipinski definition) is 2. The fourth-order valence-electron chi connectivity index (χ4n) is 3.45. The van der Waals surface area contributed by atoms with Gasteiger partial charge in [-0.15, -0.1) is 0 Å². The highest BCUT2D eigenvalue weighted by molar-refractivity contribution is 6.35. The molecule has 0 bridgehead atoms. The minimum atomic E-state index is -0.656. The van der Waals surface area contributed by atoms with Crippen LogP contribution >= 0.6 is 0 Å². The summed E-state index contributed by atoms with van der Waals surface area (Å²) in [5.74, 6) is -1.29. The van der Waals surface area contributed by atoms with E-state index in [9.17, 15) is 9.59 Å². The van der Waals surface area contributed by atoms with E-state index < -0.39 is 11.8 Å². The minimum absolute atomic E-state index is 0.0183. The summed E-state index contributed by atoms with van der Waals surface area (Å²) in [5, 5.41) is 5.39. The van der Waals surface area contributed by atoms with E-state index in [1.807, 2.05) is 24.4 Å². The average molecular weight is 396 g/mol. The predicted molar refractivity (Wildman–Crippen MR) is 110 cm³/mol. The molecule has 2 N–H and O–H groups in total. The van der Waals surface area contributed by atoms with Gasteiger partial charge < -0.3 is 15.5 Å². The normalized spacial score (nSPS) is 16.2. The van der Waals surface area contributed by atoms with E-state index in [0.717, 1.165) is 38.3 Å². The van der Waals surface area contributed by atoms with Crippen molar-refractivity contribution >= 4 is 11.8 Å². The number of aromatic nitrogens is 2. The Bertz CT molecular complexity index is 778. The second-order valence-electron chi connectivity index (χ2n) is 6.99. The number of carbonyl (C=O) groups is 2. The molecule has 154 valence electrons. The monoisotopic (exact) mass is 396 g/mol. The Morgan fingerprint density at radius 1 is 1.03 bits per heavy atom. The molecule has 2 aromatic heterocycles. The molecule has 0 saturated carbocycles. The van der Waals surface area contributed by atoms with Crippen molar-refractivity contribution in [3.05, 3.63) is 60.2 Å². The Morgan fingerprint density at radius 2 is 1.83 bits per heavy atom. The van der Waals surface area contributed by atoms with Crippen molar-refractivity contribution in [1.82, 2.24) is 30.4 Å². The third-order valence-electron chi connectivity index (χ3n) is 5.18. The first kappa shape index (κ1) is 20.9. The van der Waals surface area contributed by atoms with Gasteiger partial charge in [0.2, 0.25) is 0 Å². The van der Waals surface area contributed by atoms with Crippen molar-refractivity contribution < 1.29 is 9.59 Å². The first-order chi connectivity index (χ1) is 14.2. The number of nitrogens with one attached hydrogen (secondary N) is 2. The zero-order valence-corrected chi connectivity index (χ0v) is 16.8. The Balaban J connectivity index is 1.56. The van der Waals surface area contributed by atoms with Crippen LogP contribution in [0.1, 0.15) is 24.2 Å². The van der Waals surface area contributed by atoms with E-state index >= 15 is 0 Å². The molecule has 1 saturated heterocycles. The maximum Gasteiger partial charge on any atom is 0.309 e. The lowest BCUT2D eigenvalue weighted by Crippen LogP contribution is -2.50. The van der Waals surface area contributed by atoms with E-state index in [-0.39, 0.29) is 12.6 Å². The minimum Gasteiger partial charge on any atom is -0.346 e. The van der Waals surface area contributed by atoms with Crippen molar-refractivity contribution in [2.75, 3.05) is 39.3 Å². The topological polar surface area (TPSA) is 90.5 Å². The van der Waals surface area contributed by atoms with Crippen LogP contribution in [0.5, 0.6) is 0 Å². The third kappa shape index (κ3) is 6.07. The number of hydrogen-bond acceptors (Lipinski definition) is 6. The van der Waals surface area contributed by atoms with Gasteiger partial charge in [-0.05, 0) is 30.3 Å². The summed E-state index contributed by atoms with van der Waals surface area (Å²) in [4.78, 5) is 37.5. The molecular formula is C21H28N6O2. The lowest BCUT2D eigenvalue weighted by atomic mass is 10.1. The van der Waals surface area contributed by atoms with Crippen LogP contribution in [-0.4, -0.2) is 70.9 Å². The lowest BCUT2D eigenvalue weighted by molar-refractivity contribution is -0.139. The molecule has 1 aliphatic heterocycles. The highest BCUT2D eigenvalue weighted by Gasteiger charge is 2.26. The van der Waals surface area contributed by atoms with Gasteiger partial charge in [-0.2, -0.15) is 0 Å². The van der Waals surface area contributed by atoms with Gasteiger partial charge in [0.05, 0.1) is 18.3 Å². The van der Waals surface area contributed by atoms with Crippen LogP contribution in [0.15, 0.2) is 48.9 Å². The number of nitrogens with zero attached hydrogens (tertiary/aromatic N) is 4. The zero-order chi connectivity index (χ0) is 20.5. The second-order valence-corrected chi connectivity index (χ2v) is 6.99. The van der Waals surface area contributed by atoms with E-state index in [1.165, 1.54) is 0 Å². The highest BCUT2D eigenvalue weighted by Crippen LogP contribution is 2.21. The van der Waals surface area contributed by atoms with Crippen LogP contribution in [0.25, 0.3) is 0 Å². The summed E-state index contributed by atoms with van der Waals surface area (Å²) < 4.78 is 0. The number of likely N-dealkylation sites (N-methyl/N-ethyl adjacent to an activating group) is 1. The number of rotatable bonds is 7. The number of pyridine rings is 2. The second kappa shape index (κ2) is 10.6. The molecule has 8 nitrogen and oxygen atoms in total. The predicted octanol–water partition coefficient (Wildman–Crippen LogP) is 0.588. The van der Waals surface area contributed by atoms with Crippen LogP contribution in [-0.2, 0) is 16.1 Å². The maximum atomic E-state index is 12.3. The number of amides is 2. The smallest absolute Gasteiger partial charge is 0.309 e. The molecule has 1 aliphatic rings. The van der Waals surface area contributed by atoms with Gasteiger partial charge in [0.15, 0.2) is 0 Å². The zero-order valence-electron chi connectivity index (χ0n) is 16.8. The Morgan fingerprint density at radius 3 is 2.48 bits per heavy atom. The van der Waals surface area contributed by atoms with Gasteiger partial charge in [-0.3, -0.25) is 24.5 Å². The van der Waals surface area contributed by atoms with Gasteiger partial charge in [-0.1, -0.05) is 19.1 Å². The first-order valence-electron chi connectivity index (χ1n) is 9.99. The summed E-state index contributed by atoms with van der Waals surface area (Å²) in [6.45, 7) is 7.59. The highest BCUT2D eigenvalue weighted by atomic mass is 16.2. The van der Waals surface area contributed by atoms with Crippen LogP contribution in [0.3, 0.4) is 0 Å². The van der Waals surface area contributed by atoms with Crippen LogP contribution in [0.2, 0.25) is 0 Å². The molecule has 3 rings (SSSR count). The third-order valence-corrected chi connectivity index (χ3v) is 5.18. The van der Waals surface area contributed by atoms with Gasteiger partial charge in [0, 0.05) is 51.3 Å². The quantitative estimate of drug-likeness (QED) is 0.666. The summed E-state index contributed by atoms with van der Waals surface area (Å²) in [6.07, 6.45) is 5.21. The first-order valence-corrected chi connectivity index (χ1v) is 9.99. The Kier molecular flexibility index (Phi) is 7.66. The molecule has 3 heterocycles. The molecular weight excluding hydrogens is 368 g/mol. The lowest BCUT2D eigenvalue weighted by Gasteiger charge is -2.39. The molecule has 0 spiro atoms. The van der Waals surface area contributed by atoms with Gasteiger partial charge in [-0.25, -0.2) is 0 Å². The molecule has 29 heavy (non-hydrogen) atoms. The van der Waals surface area contributed by atoms with Gasteiger partial charge in [0.25, 0.3) is 0 Å². The number of carbonyl (C=O) groups excluding carboxylic acids is 2. The van der Waals surface area contributed by atoms with Gasteiger partial charge >= 0.3 is 11.8 Å². The maximum absolute atomic E-state index is 12.3. The molecule has 2 amide bonds. The van der Waals surface area contributed by atoms with Crippen molar-refractivity contribution in [3.63, 3.8) is 0 Å². The van der Waals surface area contributed by atoms with E-state index in [2.05, 4.69) is 37.3 Å². The number of piperazine rings is 1. The van der Waals surface area contributed by atoms with Crippen LogP contribution < -0.4 is 10.6 Å². The molecule has 0 aliphatic carbocycles. The summed E-state index contributed by atoms with van der Waals surface area (Å²) in [5.41, 5.74) is 1.74. The van der Waals surface area contributed by atoms with Crippen molar-refractivity contribution in [2.45, 2.75) is 19.5 Å². The Labute approximate surface area is 171 Å². The van der Waals surface area contributed by atoms with Crippen LogP contribution in [0.4, 0.5) is 0 Å². The molecule has 0 radical (unpaired) electrons. The molecule has 2 aromatic rings. The van der Waals surface area contributed by atoms with Gasteiger partial charge in [0.1, 0.15) is 0 Å². The van der Waals surface area contributed by atoms with E-state index in [0.29, 0.717) is 12.2 Å². The van der Waals surface area contributed by atoms with E-state index in [4.69, 9.17) is 0 Å². The molecule has 1 atom stereocenters. The molecule has 1 fully saturated rings. The van der Waals surface area contributed by atoms with Crippen molar-refractivity contribution in [3.8, 4) is 0 Å². The molecule has 8 heteroatoms.